The Labute approximate surface area is 159 Å². The fraction of sp³-hybridized carbons (Fsp3) is 0.250. The van der Waals surface area contributed by atoms with Gasteiger partial charge in [0.25, 0.3) is 0 Å². The second kappa shape index (κ2) is 6.55. The first-order valence-corrected chi connectivity index (χ1v) is 9.31. The average Bonchev–Trinajstić information content (AvgIpc) is 3.02. The van der Waals surface area contributed by atoms with Gasteiger partial charge in [0.1, 0.15) is 18.2 Å². The van der Waals surface area contributed by atoms with Crippen molar-refractivity contribution in [2.45, 2.75) is 27.2 Å². The lowest BCUT2D eigenvalue weighted by Crippen LogP contribution is -2.30. The highest BCUT2D eigenvalue weighted by molar-refractivity contribution is 6.14. The summed E-state index contributed by atoms with van der Waals surface area (Å²) in [6, 6.07) is 14.3. The Kier molecular flexibility index (Phi) is 4.20. The van der Waals surface area contributed by atoms with Gasteiger partial charge in [0, 0.05) is 22.9 Å². The van der Waals surface area contributed by atoms with Crippen molar-refractivity contribution in [3.05, 3.63) is 71.2 Å². The molecule has 0 radical (unpaired) electrons. The minimum absolute atomic E-state index is 0.542. The summed E-state index contributed by atoms with van der Waals surface area (Å²) >= 11 is 0. The lowest BCUT2D eigenvalue weighted by Gasteiger charge is -2.12. The van der Waals surface area contributed by atoms with Crippen LogP contribution in [0.1, 0.15) is 25.0 Å². The SMILES string of the molecule is [C-]#[N+]c1cccc2c1oc1c(-c3cccc[n+]3C)c(C)cc(CC(C)C)c12. The Morgan fingerprint density at radius 3 is 2.63 bits per heavy atom. The molecule has 0 fully saturated rings. The van der Waals surface area contributed by atoms with Crippen molar-refractivity contribution in [2.75, 3.05) is 0 Å². The predicted octanol–water partition coefficient (Wildman–Crippen LogP) is 6.14. The normalized spacial score (nSPS) is 11.4. The maximum absolute atomic E-state index is 7.52. The monoisotopic (exact) mass is 355 g/mol. The number of fused-ring (bicyclic) bond motifs is 3. The zero-order valence-corrected chi connectivity index (χ0v) is 16.2. The molecule has 3 nitrogen and oxygen atoms in total. The van der Waals surface area contributed by atoms with Crippen LogP contribution in [0.15, 0.2) is 53.1 Å². The molecular weight excluding hydrogens is 332 g/mol. The van der Waals surface area contributed by atoms with Crippen molar-refractivity contribution in [3.63, 3.8) is 0 Å². The molecule has 0 N–H and O–H groups in total. The second-order valence-electron chi connectivity index (χ2n) is 7.59. The lowest BCUT2D eigenvalue weighted by molar-refractivity contribution is -0.660. The standard InChI is InChI=1S/C24H23N2O/c1-15(2)13-17-14-16(3)21(20-11-6-7-12-26(20)5)24-22(17)18-9-8-10-19(25-4)23(18)27-24/h6-12,14-15H,13H2,1-3,5H3/q+1. The van der Waals surface area contributed by atoms with E-state index in [0.29, 0.717) is 17.2 Å². The van der Waals surface area contributed by atoms with E-state index in [4.69, 9.17) is 11.0 Å². The Morgan fingerprint density at radius 1 is 1.11 bits per heavy atom. The van der Waals surface area contributed by atoms with Gasteiger partial charge in [0.2, 0.25) is 11.4 Å². The van der Waals surface area contributed by atoms with Crippen LogP contribution in [0.5, 0.6) is 0 Å². The number of aromatic nitrogens is 1. The summed E-state index contributed by atoms with van der Waals surface area (Å²) in [6.45, 7) is 14.1. The molecule has 0 unspecified atom stereocenters. The first-order chi connectivity index (χ1) is 13.0. The van der Waals surface area contributed by atoms with E-state index in [2.05, 4.69) is 67.7 Å². The number of aryl methyl sites for hydroxylation is 2. The molecule has 0 aliphatic rings. The molecule has 0 aliphatic carbocycles. The third-order valence-corrected chi connectivity index (χ3v) is 5.09. The van der Waals surface area contributed by atoms with Crippen LogP contribution in [0.4, 0.5) is 5.69 Å². The fourth-order valence-electron chi connectivity index (χ4n) is 3.97. The van der Waals surface area contributed by atoms with Crippen molar-refractivity contribution in [3.8, 4) is 11.3 Å². The van der Waals surface area contributed by atoms with Gasteiger partial charge >= 0.3 is 0 Å². The molecule has 0 saturated heterocycles. The van der Waals surface area contributed by atoms with Crippen LogP contribution in [0.2, 0.25) is 0 Å². The quantitative estimate of drug-likeness (QED) is 0.320. The smallest absolute Gasteiger partial charge is 0.229 e. The molecule has 27 heavy (non-hydrogen) atoms. The number of nitrogens with zero attached hydrogens (tertiary/aromatic N) is 2. The highest BCUT2D eigenvalue weighted by Gasteiger charge is 2.23. The molecule has 0 saturated carbocycles. The topological polar surface area (TPSA) is 21.4 Å². The van der Waals surface area contributed by atoms with Gasteiger partial charge in [0.05, 0.1) is 12.1 Å². The van der Waals surface area contributed by atoms with Crippen LogP contribution < -0.4 is 4.57 Å². The zero-order valence-electron chi connectivity index (χ0n) is 16.2. The molecule has 0 spiro atoms. The molecule has 4 rings (SSSR count). The molecule has 0 atom stereocenters. The van der Waals surface area contributed by atoms with Crippen LogP contribution >= 0.6 is 0 Å². The van der Waals surface area contributed by atoms with Crippen molar-refractivity contribution in [1.29, 1.82) is 0 Å². The van der Waals surface area contributed by atoms with E-state index < -0.39 is 0 Å². The molecule has 0 amide bonds. The number of hydrogen-bond acceptors (Lipinski definition) is 1. The van der Waals surface area contributed by atoms with Gasteiger partial charge < -0.3 is 4.42 Å². The number of para-hydroxylation sites is 1. The van der Waals surface area contributed by atoms with Gasteiger partial charge in [-0.15, -0.1) is 0 Å². The highest BCUT2D eigenvalue weighted by Crippen LogP contribution is 2.42. The number of benzene rings is 2. The molecular formula is C24H23N2O+. The number of furan rings is 1. The predicted molar refractivity (Wildman–Crippen MR) is 110 cm³/mol. The zero-order chi connectivity index (χ0) is 19.1. The van der Waals surface area contributed by atoms with Crippen molar-refractivity contribution >= 4 is 27.6 Å². The summed E-state index contributed by atoms with van der Waals surface area (Å²) in [5.74, 6) is 0.542. The summed E-state index contributed by atoms with van der Waals surface area (Å²) in [5.41, 5.74) is 6.85. The molecule has 4 aromatic rings. The number of hydrogen-bond donors (Lipinski definition) is 0. The molecule has 3 heteroatoms. The summed E-state index contributed by atoms with van der Waals surface area (Å²) in [4.78, 5) is 3.68. The molecule has 2 heterocycles. The minimum Gasteiger partial charge on any atom is -0.466 e. The minimum atomic E-state index is 0.542. The van der Waals surface area contributed by atoms with Crippen molar-refractivity contribution in [1.82, 2.24) is 0 Å². The number of pyridine rings is 1. The van der Waals surface area contributed by atoms with Crippen LogP contribution in [-0.2, 0) is 13.5 Å². The van der Waals surface area contributed by atoms with E-state index in [9.17, 15) is 0 Å². The van der Waals surface area contributed by atoms with Gasteiger partial charge in [-0.1, -0.05) is 38.1 Å². The Hall–Kier alpha value is -3.12. The van der Waals surface area contributed by atoms with Gasteiger partial charge in [-0.3, -0.25) is 0 Å². The van der Waals surface area contributed by atoms with Crippen molar-refractivity contribution in [2.24, 2.45) is 13.0 Å². The second-order valence-corrected chi connectivity index (χ2v) is 7.59. The Morgan fingerprint density at radius 2 is 1.93 bits per heavy atom. The summed E-state index contributed by atoms with van der Waals surface area (Å²) < 4.78 is 8.51. The largest absolute Gasteiger partial charge is 0.466 e. The van der Waals surface area contributed by atoms with E-state index in [1.807, 2.05) is 18.2 Å². The third-order valence-electron chi connectivity index (χ3n) is 5.09. The highest BCUT2D eigenvalue weighted by atomic mass is 16.3. The van der Waals surface area contributed by atoms with E-state index in [0.717, 1.165) is 34.0 Å². The molecule has 134 valence electrons. The fourth-order valence-corrected chi connectivity index (χ4v) is 3.97. The van der Waals surface area contributed by atoms with Crippen LogP contribution in [0, 0.1) is 19.4 Å². The summed E-state index contributed by atoms with van der Waals surface area (Å²) in [5, 5.41) is 2.18. The van der Waals surface area contributed by atoms with Crippen LogP contribution in [0.25, 0.3) is 38.0 Å². The first kappa shape index (κ1) is 17.3. The van der Waals surface area contributed by atoms with Gasteiger partial charge in [0.15, 0.2) is 6.20 Å². The molecule has 2 aromatic carbocycles. The maximum Gasteiger partial charge on any atom is 0.229 e. The van der Waals surface area contributed by atoms with Crippen molar-refractivity contribution < 1.29 is 8.98 Å². The van der Waals surface area contributed by atoms with Crippen LogP contribution in [0.3, 0.4) is 0 Å². The molecule has 2 aromatic heterocycles. The van der Waals surface area contributed by atoms with Gasteiger partial charge in [-0.05, 0) is 36.5 Å². The average molecular weight is 355 g/mol. The maximum atomic E-state index is 7.52. The van der Waals surface area contributed by atoms with E-state index >= 15 is 0 Å². The van der Waals surface area contributed by atoms with Gasteiger partial charge in [-0.2, -0.15) is 0 Å². The Balaban J connectivity index is 2.19. The third kappa shape index (κ3) is 2.78. The van der Waals surface area contributed by atoms with E-state index in [-0.39, 0.29) is 0 Å². The van der Waals surface area contributed by atoms with Crippen LogP contribution in [-0.4, -0.2) is 0 Å². The van der Waals surface area contributed by atoms with Gasteiger partial charge in [-0.25, -0.2) is 9.41 Å². The first-order valence-electron chi connectivity index (χ1n) is 9.31. The van der Waals surface area contributed by atoms with E-state index in [1.54, 1.807) is 0 Å². The van der Waals surface area contributed by atoms with E-state index in [1.165, 1.54) is 11.1 Å². The summed E-state index contributed by atoms with van der Waals surface area (Å²) in [7, 11) is 2.05. The molecule has 0 aliphatic heterocycles. The number of rotatable bonds is 3. The lowest BCUT2D eigenvalue weighted by atomic mass is 9.92. The Bertz CT molecular complexity index is 1210. The summed E-state index contributed by atoms with van der Waals surface area (Å²) in [6.07, 6.45) is 3.03. The molecule has 0 bridgehead atoms.